The maximum atomic E-state index is 10.8. The van der Waals surface area contributed by atoms with Crippen LogP contribution in [0.2, 0.25) is 0 Å². The second-order valence-corrected chi connectivity index (χ2v) is 6.53. The molecule has 0 saturated carbocycles. The maximum absolute atomic E-state index is 10.8. The van der Waals surface area contributed by atoms with Crippen LogP contribution in [0.25, 0.3) is 0 Å². The van der Waals surface area contributed by atoms with E-state index in [-0.39, 0.29) is 4.95 Å². The highest BCUT2D eigenvalue weighted by atomic mass is 79.9. The third-order valence-electron chi connectivity index (χ3n) is 1.06. The van der Waals surface area contributed by atoms with Crippen molar-refractivity contribution >= 4 is 42.6 Å². The molecule has 0 aliphatic heterocycles. The summed E-state index contributed by atoms with van der Waals surface area (Å²) >= 11 is 2.99. The van der Waals surface area contributed by atoms with E-state index in [0.29, 0.717) is 0 Å². The predicted molar refractivity (Wildman–Crippen MR) is 54.8 cm³/mol. The van der Waals surface area contributed by atoms with Crippen molar-refractivity contribution in [1.82, 2.24) is 0 Å². The molecule has 0 rings (SSSR count). The van der Waals surface area contributed by atoms with Gasteiger partial charge in [-0.15, -0.1) is 0 Å². The fraction of sp³-hybridized carbons (Fsp3) is 0.571. The molecule has 0 atom stereocenters. The van der Waals surface area contributed by atoms with Gasteiger partial charge in [-0.2, -0.15) is 0 Å². The molecule has 0 saturated heterocycles. The second kappa shape index (κ2) is 5.86. The van der Waals surface area contributed by atoms with Gasteiger partial charge >= 0.3 is 8.80 Å². The lowest BCUT2D eigenvalue weighted by atomic mass is 10.9. The van der Waals surface area contributed by atoms with Gasteiger partial charge in [0.15, 0.2) is 0 Å². The van der Waals surface area contributed by atoms with Crippen molar-refractivity contribution < 1.29 is 27.7 Å². The second-order valence-electron chi connectivity index (χ2n) is 2.60. The molecule has 0 aromatic heterocycles. The molecule has 0 aliphatic carbocycles. The van der Waals surface area contributed by atoms with E-state index in [0.717, 1.165) is 20.8 Å². The molecule has 8 heteroatoms. The molecule has 0 N–H and O–H groups in total. The summed E-state index contributed by atoms with van der Waals surface area (Å²) in [5, 5.41) is 0. The third kappa shape index (κ3) is 5.53. The molecule has 0 aliphatic rings. The van der Waals surface area contributed by atoms with E-state index >= 15 is 0 Å². The van der Waals surface area contributed by atoms with Gasteiger partial charge in [0.25, 0.3) is 17.9 Å². The molecule has 0 heterocycles. The molecule has 0 aromatic rings. The van der Waals surface area contributed by atoms with Crippen LogP contribution in [0.1, 0.15) is 20.8 Å². The number of alkyl halides is 1. The quantitative estimate of drug-likeness (QED) is 0.557. The molecule has 0 bridgehead atoms. The minimum absolute atomic E-state index is 0.0290. The molecule has 0 fully saturated rings. The Bertz CT molecular complexity index is 238. The third-order valence-corrected chi connectivity index (χ3v) is 5.24. The van der Waals surface area contributed by atoms with Crippen LogP contribution in [0.15, 0.2) is 0 Å². The Morgan fingerprint density at radius 1 is 0.933 bits per heavy atom. The first kappa shape index (κ1) is 14.1. The summed E-state index contributed by atoms with van der Waals surface area (Å²) in [5.74, 6) is -2.03. The molecular formula is C7H11BrO6Si. The van der Waals surface area contributed by atoms with Gasteiger partial charge in [-0.1, -0.05) is 15.9 Å². The van der Waals surface area contributed by atoms with Crippen LogP contribution in [-0.4, -0.2) is 31.7 Å². The molecule has 0 radical (unpaired) electrons. The van der Waals surface area contributed by atoms with Gasteiger partial charge in [-0.05, 0) is 0 Å². The van der Waals surface area contributed by atoms with Crippen molar-refractivity contribution in [2.45, 2.75) is 20.8 Å². The van der Waals surface area contributed by atoms with Crippen molar-refractivity contribution in [3.05, 3.63) is 0 Å². The summed E-state index contributed by atoms with van der Waals surface area (Å²) in [6.45, 7) is 3.41. The Morgan fingerprint density at radius 3 is 1.33 bits per heavy atom. The lowest BCUT2D eigenvalue weighted by Gasteiger charge is -2.24. The van der Waals surface area contributed by atoms with Crippen molar-refractivity contribution in [2.24, 2.45) is 0 Å². The van der Waals surface area contributed by atoms with Crippen LogP contribution < -0.4 is 0 Å². The Morgan fingerprint density at radius 2 is 1.20 bits per heavy atom. The Kier molecular flexibility index (Phi) is 5.51. The summed E-state index contributed by atoms with van der Waals surface area (Å²) in [7, 11) is -3.59. The zero-order valence-corrected chi connectivity index (χ0v) is 11.1. The summed E-state index contributed by atoms with van der Waals surface area (Å²) in [4.78, 5) is 32.3. The normalized spacial score (nSPS) is 10.4. The highest BCUT2D eigenvalue weighted by molar-refractivity contribution is 9.09. The lowest BCUT2D eigenvalue weighted by molar-refractivity contribution is -0.147. The van der Waals surface area contributed by atoms with E-state index in [1.54, 1.807) is 0 Å². The number of hydrogen-bond acceptors (Lipinski definition) is 6. The van der Waals surface area contributed by atoms with Gasteiger partial charge in [0.2, 0.25) is 0 Å². The maximum Gasteiger partial charge on any atom is 0.716 e. The van der Waals surface area contributed by atoms with Gasteiger partial charge in [0.1, 0.15) is 4.95 Å². The van der Waals surface area contributed by atoms with Crippen molar-refractivity contribution in [2.75, 3.05) is 4.95 Å². The largest absolute Gasteiger partial charge is 0.716 e. The van der Waals surface area contributed by atoms with Gasteiger partial charge in [-0.25, -0.2) is 0 Å². The lowest BCUT2D eigenvalue weighted by Crippen LogP contribution is -2.51. The molecule has 0 spiro atoms. The van der Waals surface area contributed by atoms with Crippen LogP contribution >= 0.6 is 15.9 Å². The van der Waals surface area contributed by atoms with Crippen LogP contribution in [0, 0.1) is 0 Å². The highest BCUT2D eigenvalue weighted by Crippen LogP contribution is 2.14. The van der Waals surface area contributed by atoms with Crippen molar-refractivity contribution in [1.29, 1.82) is 0 Å². The Labute approximate surface area is 96.4 Å². The molecule has 6 nitrogen and oxygen atoms in total. The Hall–Kier alpha value is -0.893. The van der Waals surface area contributed by atoms with Gasteiger partial charge in [0, 0.05) is 20.8 Å². The standard InChI is InChI=1S/C7H11BrO6Si/c1-5(9)12-15(4-8,13-6(2)10)14-7(3)11/h4H2,1-3H3. The fourth-order valence-electron chi connectivity index (χ4n) is 0.801. The molecule has 0 amide bonds. The van der Waals surface area contributed by atoms with Crippen LogP contribution in [0.5, 0.6) is 0 Å². The summed E-state index contributed by atoms with van der Waals surface area (Å²) in [6.07, 6.45) is 0. The summed E-state index contributed by atoms with van der Waals surface area (Å²) in [5.41, 5.74) is 0. The number of hydrogen-bond donors (Lipinski definition) is 0. The van der Waals surface area contributed by atoms with Crippen LogP contribution in [0.3, 0.4) is 0 Å². The van der Waals surface area contributed by atoms with E-state index in [2.05, 4.69) is 15.9 Å². The fourth-order valence-corrected chi connectivity index (χ4v) is 3.43. The van der Waals surface area contributed by atoms with E-state index in [4.69, 9.17) is 13.3 Å². The number of carbonyl (C=O) groups excluding carboxylic acids is 3. The first-order valence-corrected chi connectivity index (χ1v) is 7.01. The summed E-state index contributed by atoms with van der Waals surface area (Å²) in [6, 6.07) is 0. The van der Waals surface area contributed by atoms with Gasteiger partial charge in [-0.3, -0.25) is 14.4 Å². The topological polar surface area (TPSA) is 78.9 Å². The van der Waals surface area contributed by atoms with Crippen LogP contribution in [0.4, 0.5) is 0 Å². The minimum Gasteiger partial charge on any atom is -0.455 e. The molecule has 86 valence electrons. The van der Waals surface area contributed by atoms with Crippen LogP contribution in [-0.2, 0) is 27.7 Å². The Balaban J connectivity index is 4.81. The van der Waals surface area contributed by atoms with E-state index < -0.39 is 26.7 Å². The molecular weight excluding hydrogens is 288 g/mol. The van der Waals surface area contributed by atoms with E-state index in [1.807, 2.05) is 0 Å². The molecule has 0 unspecified atom stereocenters. The first-order chi connectivity index (χ1) is 6.81. The first-order valence-electron chi connectivity index (χ1n) is 3.96. The zero-order chi connectivity index (χ0) is 12.1. The highest BCUT2D eigenvalue weighted by Gasteiger charge is 2.50. The van der Waals surface area contributed by atoms with Crippen molar-refractivity contribution in [3.63, 3.8) is 0 Å². The number of rotatable bonds is 4. The molecule has 0 aromatic carbocycles. The monoisotopic (exact) mass is 298 g/mol. The smallest absolute Gasteiger partial charge is 0.455 e. The van der Waals surface area contributed by atoms with Gasteiger partial charge in [0.05, 0.1) is 0 Å². The summed E-state index contributed by atoms with van der Waals surface area (Å²) < 4.78 is 14.3. The predicted octanol–water partition coefficient (Wildman–Crippen LogP) is 0.549. The average Bonchev–Trinajstić information content (AvgIpc) is 1.99. The van der Waals surface area contributed by atoms with Gasteiger partial charge < -0.3 is 13.3 Å². The minimum atomic E-state index is -3.59. The number of carbonyl (C=O) groups is 3. The number of halogens is 1. The van der Waals surface area contributed by atoms with E-state index in [9.17, 15) is 14.4 Å². The van der Waals surface area contributed by atoms with Crippen molar-refractivity contribution in [3.8, 4) is 0 Å². The van der Waals surface area contributed by atoms with E-state index in [1.165, 1.54) is 0 Å². The zero-order valence-electron chi connectivity index (χ0n) is 8.53. The average molecular weight is 299 g/mol. The SMILES string of the molecule is CC(=O)O[Si](CBr)(OC(C)=O)OC(C)=O. The molecule has 15 heavy (non-hydrogen) atoms.